The molecule has 0 fully saturated rings. The highest BCUT2D eigenvalue weighted by Gasteiger charge is 2.22. The molecule has 3 rings (SSSR count). The molecule has 0 amide bonds. The Labute approximate surface area is 125 Å². The summed E-state index contributed by atoms with van der Waals surface area (Å²) in [5.41, 5.74) is 1.19. The van der Waals surface area contributed by atoms with Gasteiger partial charge in [0.1, 0.15) is 18.1 Å². The summed E-state index contributed by atoms with van der Waals surface area (Å²) < 4.78 is 16.9. The molecule has 4 nitrogen and oxygen atoms in total. The Hall–Kier alpha value is -1.94. The molecule has 4 heteroatoms. The first kappa shape index (κ1) is 14.0. The van der Waals surface area contributed by atoms with Crippen LogP contribution in [0.2, 0.25) is 0 Å². The average molecular weight is 287 g/mol. The van der Waals surface area contributed by atoms with Crippen LogP contribution < -0.4 is 14.8 Å². The van der Waals surface area contributed by atoms with Gasteiger partial charge in [0.2, 0.25) is 0 Å². The van der Waals surface area contributed by atoms with Gasteiger partial charge >= 0.3 is 0 Å². The monoisotopic (exact) mass is 287 g/mol. The molecule has 0 aliphatic carbocycles. The third-order valence-electron chi connectivity index (χ3n) is 3.81. The van der Waals surface area contributed by atoms with Crippen molar-refractivity contribution in [3.63, 3.8) is 0 Å². The minimum Gasteiger partial charge on any atom is -0.493 e. The molecule has 2 aromatic rings. The molecular weight excluding hydrogens is 266 g/mol. The molecule has 1 atom stereocenters. The van der Waals surface area contributed by atoms with Crippen LogP contribution in [0.1, 0.15) is 24.0 Å². The van der Waals surface area contributed by atoms with Gasteiger partial charge in [0.05, 0.1) is 13.7 Å². The predicted molar refractivity (Wildman–Crippen MR) is 80.9 cm³/mol. The standard InChI is InChI=1S/C17H21NO3/c1-3-14-7-8-15(21-14)10-18-13-9-12-5-4-6-16(19-2)17(12)20-11-13/h4-8,13,18H,3,9-11H2,1-2H3/t13-/m0/s1. The molecule has 0 bridgehead atoms. The van der Waals surface area contributed by atoms with Crippen molar-refractivity contribution in [3.05, 3.63) is 47.4 Å². The summed E-state index contributed by atoms with van der Waals surface area (Å²) in [4.78, 5) is 0. The average Bonchev–Trinajstić information content (AvgIpc) is 3.00. The number of benzene rings is 1. The molecule has 0 spiro atoms. The first-order valence-electron chi connectivity index (χ1n) is 7.39. The Morgan fingerprint density at radius 1 is 1.24 bits per heavy atom. The van der Waals surface area contributed by atoms with Crippen LogP contribution in [0.3, 0.4) is 0 Å². The molecular formula is C17H21NO3. The van der Waals surface area contributed by atoms with E-state index in [1.165, 1.54) is 5.56 Å². The fourth-order valence-corrected chi connectivity index (χ4v) is 2.64. The largest absolute Gasteiger partial charge is 0.493 e. The fourth-order valence-electron chi connectivity index (χ4n) is 2.64. The van der Waals surface area contributed by atoms with E-state index < -0.39 is 0 Å². The number of para-hydroxylation sites is 1. The third-order valence-corrected chi connectivity index (χ3v) is 3.81. The number of methoxy groups -OCH3 is 1. The lowest BCUT2D eigenvalue weighted by molar-refractivity contribution is 0.224. The minimum atomic E-state index is 0.291. The van der Waals surface area contributed by atoms with Crippen molar-refractivity contribution in [1.29, 1.82) is 0 Å². The van der Waals surface area contributed by atoms with E-state index in [1.54, 1.807) is 7.11 Å². The SMILES string of the molecule is CCc1ccc(CN[C@@H]2COc3c(cccc3OC)C2)o1. The third kappa shape index (κ3) is 3.05. The summed E-state index contributed by atoms with van der Waals surface area (Å²) in [5, 5.41) is 3.49. The van der Waals surface area contributed by atoms with Crippen molar-refractivity contribution in [2.24, 2.45) is 0 Å². The van der Waals surface area contributed by atoms with E-state index in [-0.39, 0.29) is 0 Å². The van der Waals surface area contributed by atoms with E-state index in [1.807, 2.05) is 24.3 Å². The lowest BCUT2D eigenvalue weighted by Crippen LogP contribution is -2.38. The van der Waals surface area contributed by atoms with Gasteiger partial charge in [-0.25, -0.2) is 0 Å². The molecule has 1 aliphatic rings. The number of nitrogens with one attached hydrogen (secondary N) is 1. The van der Waals surface area contributed by atoms with E-state index in [9.17, 15) is 0 Å². The number of ether oxygens (including phenoxy) is 2. The van der Waals surface area contributed by atoms with Gasteiger partial charge in [0, 0.05) is 12.5 Å². The van der Waals surface area contributed by atoms with Gasteiger partial charge in [-0.2, -0.15) is 0 Å². The summed E-state index contributed by atoms with van der Waals surface area (Å²) in [6.07, 6.45) is 1.87. The van der Waals surface area contributed by atoms with E-state index >= 15 is 0 Å². The second kappa shape index (κ2) is 6.22. The summed E-state index contributed by atoms with van der Waals surface area (Å²) in [6.45, 7) is 3.47. The van der Waals surface area contributed by atoms with Gasteiger partial charge < -0.3 is 19.2 Å². The fraction of sp³-hybridized carbons (Fsp3) is 0.412. The molecule has 0 unspecified atom stereocenters. The van der Waals surface area contributed by atoms with Crippen LogP contribution >= 0.6 is 0 Å². The molecule has 21 heavy (non-hydrogen) atoms. The summed E-state index contributed by atoms with van der Waals surface area (Å²) >= 11 is 0. The lowest BCUT2D eigenvalue weighted by atomic mass is 10.0. The topological polar surface area (TPSA) is 43.6 Å². The first-order chi connectivity index (χ1) is 10.3. The van der Waals surface area contributed by atoms with Crippen LogP contribution in [0.25, 0.3) is 0 Å². The normalized spacial score (nSPS) is 17.1. The van der Waals surface area contributed by atoms with Crippen LogP contribution in [-0.2, 0) is 19.4 Å². The molecule has 0 saturated carbocycles. The molecule has 2 heterocycles. The molecule has 112 valence electrons. The van der Waals surface area contributed by atoms with Gasteiger partial charge in [0.15, 0.2) is 11.5 Å². The highest BCUT2D eigenvalue weighted by atomic mass is 16.5. The number of fused-ring (bicyclic) bond motifs is 1. The van der Waals surface area contributed by atoms with Crippen LogP contribution in [0.4, 0.5) is 0 Å². The van der Waals surface area contributed by atoms with Crippen LogP contribution in [0.15, 0.2) is 34.7 Å². The summed E-state index contributed by atoms with van der Waals surface area (Å²) in [7, 11) is 1.67. The zero-order valence-corrected chi connectivity index (χ0v) is 12.5. The Morgan fingerprint density at radius 3 is 2.86 bits per heavy atom. The van der Waals surface area contributed by atoms with E-state index in [0.29, 0.717) is 12.6 Å². The van der Waals surface area contributed by atoms with Gasteiger partial charge in [-0.05, 0) is 30.2 Å². The van der Waals surface area contributed by atoms with Crippen LogP contribution in [-0.4, -0.2) is 19.8 Å². The van der Waals surface area contributed by atoms with Crippen molar-refractivity contribution in [2.75, 3.05) is 13.7 Å². The maximum Gasteiger partial charge on any atom is 0.164 e. The second-order valence-corrected chi connectivity index (χ2v) is 5.26. The highest BCUT2D eigenvalue weighted by Crippen LogP contribution is 2.34. The van der Waals surface area contributed by atoms with Crippen molar-refractivity contribution in [3.8, 4) is 11.5 Å². The Balaban J connectivity index is 1.61. The van der Waals surface area contributed by atoms with Crippen molar-refractivity contribution in [2.45, 2.75) is 32.4 Å². The number of hydrogen-bond acceptors (Lipinski definition) is 4. The second-order valence-electron chi connectivity index (χ2n) is 5.26. The van der Waals surface area contributed by atoms with Gasteiger partial charge in [-0.3, -0.25) is 0 Å². The number of furan rings is 1. The Kier molecular flexibility index (Phi) is 4.15. The maximum atomic E-state index is 5.85. The quantitative estimate of drug-likeness (QED) is 0.918. The van der Waals surface area contributed by atoms with E-state index in [2.05, 4.69) is 18.3 Å². The van der Waals surface area contributed by atoms with Crippen molar-refractivity contribution < 1.29 is 13.9 Å². The minimum absolute atomic E-state index is 0.291. The van der Waals surface area contributed by atoms with E-state index in [4.69, 9.17) is 13.9 Å². The maximum absolute atomic E-state index is 5.85. The van der Waals surface area contributed by atoms with Gasteiger partial charge in [0.25, 0.3) is 0 Å². The zero-order valence-electron chi connectivity index (χ0n) is 12.5. The van der Waals surface area contributed by atoms with E-state index in [0.717, 1.165) is 42.4 Å². The molecule has 0 radical (unpaired) electrons. The molecule has 1 aliphatic heterocycles. The summed E-state index contributed by atoms with van der Waals surface area (Å²) in [6, 6.07) is 10.4. The zero-order chi connectivity index (χ0) is 14.7. The molecule has 1 aromatic heterocycles. The number of rotatable bonds is 5. The smallest absolute Gasteiger partial charge is 0.164 e. The lowest BCUT2D eigenvalue weighted by Gasteiger charge is -2.27. The van der Waals surface area contributed by atoms with Crippen molar-refractivity contribution >= 4 is 0 Å². The van der Waals surface area contributed by atoms with Gasteiger partial charge in [-0.1, -0.05) is 19.1 Å². The highest BCUT2D eigenvalue weighted by molar-refractivity contribution is 5.48. The predicted octanol–water partition coefficient (Wildman–Crippen LogP) is 2.94. The number of hydrogen-bond donors (Lipinski definition) is 1. The van der Waals surface area contributed by atoms with Crippen molar-refractivity contribution in [1.82, 2.24) is 5.32 Å². The molecule has 1 aromatic carbocycles. The van der Waals surface area contributed by atoms with Crippen LogP contribution in [0, 0.1) is 0 Å². The Morgan fingerprint density at radius 2 is 2.10 bits per heavy atom. The molecule has 0 saturated heterocycles. The number of aryl methyl sites for hydroxylation is 1. The molecule has 1 N–H and O–H groups in total. The van der Waals surface area contributed by atoms with Crippen LogP contribution in [0.5, 0.6) is 11.5 Å². The first-order valence-corrected chi connectivity index (χ1v) is 7.39. The van der Waals surface area contributed by atoms with Gasteiger partial charge in [-0.15, -0.1) is 0 Å². The Bertz CT molecular complexity index is 606. The summed E-state index contributed by atoms with van der Waals surface area (Å²) in [5.74, 6) is 3.69.